The first-order valence-electron chi connectivity index (χ1n) is 9.61. The zero-order chi connectivity index (χ0) is 21.0. The van der Waals surface area contributed by atoms with Crippen molar-refractivity contribution in [3.05, 3.63) is 71.8 Å². The zero-order valence-corrected chi connectivity index (χ0v) is 17.3. The first-order chi connectivity index (χ1) is 13.8. The van der Waals surface area contributed by atoms with Gasteiger partial charge < -0.3 is 9.87 Å². The molecule has 0 radical (unpaired) electrons. The summed E-state index contributed by atoms with van der Waals surface area (Å²) in [5, 5.41) is 4.02. The number of hydrogen-bond acceptors (Lipinski definition) is 5. The van der Waals surface area contributed by atoms with Gasteiger partial charge in [-0.3, -0.25) is 4.79 Å². The number of carbonyl (C=O) groups excluding carboxylic acids is 1. The van der Waals surface area contributed by atoms with E-state index in [1.807, 2.05) is 12.1 Å². The molecule has 0 saturated carbocycles. The molecule has 1 atom stereocenters. The summed E-state index contributed by atoms with van der Waals surface area (Å²) >= 11 is 0. The van der Waals surface area contributed by atoms with Crippen molar-refractivity contribution in [1.29, 1.82) is 0 Å². The molecule has 0 bridgehead atoms. The summed E-state index contributed by atoms with van der Waals surface area (Å²) in [5.41, 5.74) is 2.84. The standard InChI is InChI=1S/C23H25NO4S/c1-3-16(2)18-10-8-17(9-11-18)14-19(25)15-24-22-12-13-23(29(26,27)28)21-7-5-4-6-20(21)22/h4-13,16,24H,3,14-15H2,1-2H3,(H,26,27,28)/p-1. The molecule has 0 aromatic heterocycles. The quantitative estimate of drug-likeness (QED) is 0.553. The van der Waals surface area contributed by atoms with Crippen molar-refractivity contribution >= 4 is 32.4 Å². The van der Waals surface area contributed by atoms with Gasteiger partial charge in [0.1, 0.15) is 10.1 Å². The molecule has 0 fully saturated rings. The van der Waals surface area contributed by atoms with Crippen LogP contribution >= 0.6 is 0 Å². The lowest BCUT2D eigenvalue weighted by Crippen LogP contribution is -2.16. The summed E-state index contributed by atoms with van der Waals surface area (Å²) in [4.78, 5) is 12.2. The van der Waals surface area contributed by atoms with Crippen LogP contribution in [0.1, 0.15) is 37.3 Å². The van der Waals surface area contributed by atoms with Crippen molar-refractivity contribution in [1.82, 2.24) is 0 Å². The molecule has 0 aliphatic rings. The van der Waals surface area contributed by atoms with Crippen molar-refractivity contribution < 1.29 is 17.8 Å². The fourth-order valence-electron chi connectivity index (χ4n) is 3.33. The van der Waals surface area contributed by atoms with Crippen LogP contribution < -0.4 is 5.32 Å². The molecule has 0 aliphatic carbocycles. The van der Waals surface area contributed by atoms with Crippen LogP contribution in [0.3, 0.4) is 0 Å². The predicted molar refractivity (Wildman–Crippen MR) is 114 cm³/mol. The number of fused-ring (bicyclic) bond motifs is 1. The van der Waals surface area contributed by atoms with E-state index in [4.69, 9.17) is 0 Å². The smallest absolute Gasteiger partial charge is 0.156 e. The number of benzene rings is 3. The van der Waals surface area contributed by atoms with Crippen molar-refractivity contribution in [2.75, 3.05) is 11.9 Å². The maximum Gasteiger partial charge on any atom is 0.156 e. The van der Waals surface area contributed by atoms with E-state index >= 15 is 0 Å². The number of hydrogen-bond donors (Lipinski definition) is 1. The highest BCUT2D eigenvalue weighted by Crippen LogP contribution is 2.29. The van der Waals surface area contributed by atoms with Crippen LogP contribution in [0.5, 0.6) is 0 Å². The number of carbonyl (C=O) groups is 1. The number of anilines is 1. The van der Waals surface area contributed by atoms with Crippen molar-refractivity contribution in [3.63, 3.8) is 0 Å². The van der Waals surface area contributed by atoms with Crippen LogP contribution in [0.2, 0.25) is 0 Å². The molecule has 152 valence electrons. The van der Waals surface area contributed by atoms with Crippen LogP contribution in [0.25, 0.3) is 10.8 Å². The van der Waals surface area contributed by atoms with E-state index in [0.717, 1.165) is 12.0 Å². The SMILES string of the molecule is CCC(C)c1ccc(CC(=O)CNc2ccc(S(=O)(=O)[O-])c3ccccc23)cc1. The highest BCUT2D eigenvalue weighted by atomic mass is 32.2. The summed E-state index contributed by atoms with van der Waals surface area (Å²) < 4.78 is 34.4. The minimum atomic E-state index is -4.57. The van der Waals surface area contributed by atoms with Gasteiger partial charge in [0.2, 0.25) is 0 Å². The Morgan fingerprint density at radius 3 is 2.28 bits per heavy atom. The predicted octanol–water partition coefficient (Wildman–Crippen LogP) is 4.48. The van der Waals surface area contributed by atoms with E-state index in [2.05, 4.69) is 31.3 Å². The Hall–Kier alpha value is -2.70. The lowest BCUT2D eigenvalue weighted by molar-refractivity contribution is -0.116. The van der Waals surface area contributed by atoms with E-state index in [0.29, 0.717) is 28.8 Å². The van der Waals surface area contributed by atoms with Crippen LogP contribution in [-0.2, 0) is 21.3 Å². The van der Waals surface area contributed by atoms with Crippen LogP contribution in [0, 0.1) is 0 Å². The number of ketones is 1. The molecule has 0 amide bonds. The molecule has 1 unspecified atom stereocenters. The second-order valence-electron chi connectivity index (χ2n) is 7.23. The van der Waals surface area contributed by atoms with Crippen molar-refractivity contribution in [2.24, 2.45) is 0 Å². The molecule has 5 nitrogen and oxygen atoms in total. The summed E-state index contributed by atoms with van der Waals surface area (Å²) in [6.45, 7) is 4.44. The third-order valence-electron chi connectivity index (χ3n) is 5.19. The summed E-state index contributed by atoms with van der Waals surface area (Å²) in [7, 11) is -4.57. The number of rotatable bonds is 8. The first kappa shape index (κ1) is 21.0. The van der Waals surface area contributed by atoms with Gasteiger partial charge in [0.05, 0.1) is 11.4 Å². The molecule has 0 heterocycles. The molecule has 3 aromatic carbocycles. The Balaban J connectivity index is 1.71. The van der Waals surface area contributed by atoms with Gasteiger partial charge >= 0.3 is 0 Å². The van der Waals surface area contributed by atoms with Gasteiger partial charge in [0.25, 0.3) is 0 Å². The van der Waals surface area contributed by atoms with Gasteiger partial charge in [0, 0.05) is 22.9 Å². The lowest BCUT2D eigenvalue weighted by atomic mass is 9.96. The minimum Gasteiger partial charge on any atom is -0.744 e. The van der Waals surface area contributed by atoms with Crippen molar-refractivity contribution in [3.8, 4) is 0 Å². The van der Waals surface area contributed by atoms with E-state index in [-0.39, 0.29) is 17.2 Å². The van der Waals surface area contributed by atoms with Gasteiger partial charge in [-0.05, 0) is 35.6 Å². The molecular weight excluding hydrogens is 386 g/mol. The van der Waals surface area contributed by atoms with Gasteiger partial charge in [-0.25, -0.2) is 8.42 Å². The second-order valence-corrected chi connectivity index (χ2v) is 8.58. The Morgan fingerprint density at radius 2 is 1.66 bits per heavy atom. The van der Waals surface area contributed by atoms with E-state index in [1.54, 1.807) is 24.3 Å². The normalized spacial score (nSPS) is 12.7. The second kappa shape index (κ2) is 8.76. The zero-order valence-electron chi connectivity index (χ0n) is 16.5. The van der Waals surface area contributed by atoms with Crippen LogP contribution in [-0.4, -0.2) is 25.3 Å². The molecule has 1 N–H and O–H groups in total. The molecular formula is C23H24NO4S-. The topological polar surface area (TPSA) is 86.3 Å². The van der Waals surface area contributed by atoms with Gasteiger partial charge in [-0.2, -0.15) is 0 Å². The van der Waals surface area contributed by atoms with E-state index in [9.17, 15) is 17.8 Å². The number of Topliss-reactive ketones (excluding diaryl/α,β-unsaturated/α-hetero) is 1. The number of nitrogens with one attached hydrogen (secondary N) is 1. The third kappa shape index (κ3) is 5.02. The van der Waals surface area contributed by atoms with E-state index < -0.39 is 10.1 Å². The van der Waals surface area contributed by atoms with Crippen LogP contribution in [0.4, 0.5) is 5.69 Å². The Labute approximate surface area is 171 Å². The Morgan fingerprint density at radius 1 is 1.00 bits per heavy atom. The molecule has 0 spiro atoms. The summed E-state index contributed by atoms with van der Waals surface area (Å²) in [5.74, 6) is 0.515. The molecule has 3 aromatic rings. The lowest BCUT2D eigenvalue weighted by Gasteiger charge is -2.15. The first-order valence-corrected chi connectivity index (χ1v) is 11.0. The maximum absolute atomic E-state index is 12.4. The Bertz CT molecular complexity index is 1120. The summed E-state index contributed by atoms with van der Waals surface area (Å²) in [6.07, 6.45) is 1.39. The van der Waals surface area contributed by atoms with E-state index in [1.165, 1.54) is 17.7 Å². The fraction of sp³-hybridized carbons (Fsp3) is 0.261. The van der Waals surface area contributed by atoms with Crippen molar-refractivity contribution in [2.45, 2.75) is 37.5 Å². The molecule has 0 saturated heterocycles. The molecule has 29 heavy (non-hydrogen) atoms. The molecule has 6 heteroatoms. The average Bonchev–Trinajstić information content (AvgIpc) is 2.71. The highest BCUT2D eigenvalue weighted by Gasteiger charge is 2.12. The Kier molecular flexibility index (Phi) is 6.35. The fourth-order valence-corrected chi connectivity index (χ4v) is 4.01. The third-order valence-corrected chi connectivity index (χ3v) is 6.09. The maximum atomic E-state index is 12.4. The largest absolute Gasteiger partial charge is 0.744 e. The highest BCUT2D eigenvalue weighted by molar-refractivity contribution is 7.86. The van der Waals surface area contributed by atoms with Gasteiger partial charge in [0.15, 0.2) is 5.78 Å². The minimum absolute atomic E-state index is 0.0193. The average molecular weight is 411 g/mol. The molecule has 3 rings (SSSR count). The van der Waals surface area contributed by atoms with Gasteiger partial charge in [-0.1, -0.05) is 62.4 Å². The summed E-state index contributed by atoms with van der Waals surface area (Å²) in [6, 6.07) is 17.7. The van der Waals surface area contributed by atoms with Crippen LogP contribution in [0.15, 0.2) is 65.6 Å². The monoisotopic (exact) mass is 410 g/mol. The van der Waals surface area contributed by atoms with Gasteiger partial charge in [-0.15, -0.1) is 0 Å². The molecule has 0 aliphatic heterocycles.